The molecule has 0 aliphatic heterocycles. The van der Waals surface area contributed by atoms with Gasteiger partial charge in [-0.05, 0) is 65.2 Å². The lowest BCUT2D eigenvalue weighted by molar-refractivity contribution is 0.00651. The molecule has 0 aliphatic carbocycles. The Balaban J connectivity index is 1.26. The van der Waals surface area contributed by atoms with E-state index in [1.54, 1.807) is 21.3 Å². The lowest BCUT2D eigenvalue weighted by atomic mass is 10.1. The minimum atomic E-state index is 0.399. The average Bonchev–Trinajstić information content (AvgIpc) is 3.04. The Kier molecular flexibility index (Phi) is 12.5. The first-order valence-electron chi connectivity index (χ1n) is 14.0. The van der Waals surface area contributed by atoms with Crippen LogP contribution in [-0.4, -0.2) is 52.7 Å². The van der Waals surface area contributed by atoms with Gasteiger partial charge in [0.15, 0.2) is 0 Å². The first-order chi connectivity index (χ1) is 20.7. The van der Waals surface area contributed by atoms with E-state index in [4.69, 9.17) is 28.4 Å². The highest BCUT2D eigenvalue weighted by Gasteiger charge is 2.12. The van der Waals surface area contributed by atoms with E-state index in [2.05, 4.69) is 40.2 Å². The molecule has 0 unspecified atom stereocenters. The second-order valence-electron chi connectivity index (χ2n) is 9.63. The molecule has 8 heteroatoms. The van der Waals surface area contributed by atoms with E-state index in [-0.39, 0.29) is 0 Å². The number of ether oxygens (including phenoxy) is 6. The van der Waals surface area contributed by atoms with E-state index in [0.29, 0.717) is 52.7 Å². The van der Waals surface area contributed by atoms with Gasteiger partial charge < -0.3 is 33.3 Å². The highest BCUT2D eigenvalue weighted by Crippen LogP contribution is 2.24. The van der Waals surface area contributed by atoms with Gasteiger partial charge in [0.1, 0.15) is 17.2 Å². The van der Waals surface area contributed by atoms with Crippen molar-refractivity contribution in [3.05, 3.63) is 114 Å². The van der Waals surface area contributed by atoms with Crippen LogP contribution in [0.25, 0.3) is 0 Å². The standard InChI is InChI=1S/C34H40N2O6/c1-37-32-10-4-7-27(19-32)23-36(24-28-8-5-11-33(20-28)38-2)31-13-14-35-30(22-31)26-42-18-16-40-15-17-41-25-29-9-6-12-34(21-29)39-3/h4-14,19-22H,15-18,23-26H2,1-3H3. The Morgan fingerprint density at radius 2 is 1.05 bits per heavy atom. The van der Waals surface area contributed by atoms with Gasteiger partial charge in [-0.15, -0.1) is 0 Å². The molecule has 8 nitrogen and oxygen atoms in total. The summed E-state index contributed by atoms with van der Waals surface area (Å²) >= 11 is 0. The van der Waals surface area contributed by atoms with Crippen LogP contribution in [0.3, 0.4) is 0 Å². The van der Waals surface area contributed by atoms with Crippen LogP contribution in [0.5, 0.6) is 17.2 Å². The Bertz CT molecular complexity index is 1320. The molecular weight excluding hydrogens is 532 g/mol. The fourth-order valence-corrected chi connectivity index (χ4v) is 4.43. The zero-order valence-corrected chi connectivity index (χ0v) is 24.7. The van der Waals surface area contributed by atoms with Crippen LogP contribution < -0.4 is 19.1 Å². The number of aromatic nitrogens is 1. The Morgan fingerprint density at radius 3 is 1.62 bits per heavy atom. The largest absolute Gasteiger partial charge is 0.497 e. The first kappa shape index (κ1) is 30.8. The van der Waals surface area contributed by atoms with Crippen LogP contribution in [0, 0.1) is 0 Å². The third-order valence-corrected chi connectivity index (χ3v) is 6.58. The highest BCUT2D eigenvalue weighted by molar-refractivity contribution is 5.49. The molecule has 0 bridgehead atoms. The molecule has 0 saturated heterocycles. The molecule has 1 heterocycles. The smallest absolute Gasteiger partial charge is 0.119 e. The molecule has 0 fully saturated rings. The minimum absolute atomic E-state index is 0.399. The summed E-state index contributed by atoms with van der Waals surface area (Å²) in [5, 5.41) is 0. The molecule has 0 N–H and O–H groups in total. The van der Waals surface area contributed by atoms with Crippen molar-refractivity contribution in [2.75, 3.05) is 52.7 Å². The van der Waals surface area contributed by atoms with E-state index in [9.17, 15) is 0 Å². The quantitative estimate of drug-likeness (QED) is 0.133. The van der Waals surface area contributed by atoms with E-state index in [0.717, 1.165) is 45.3 Å². The molecule has 0 aliphatic rings. The summed E-state index contributed by atoms with van der Waals surface area (Å²) < 4.78 is 33.3. The van der Waals surface area contributed by atoms with Crippen LogP contribution in [0.2, 0.25) is 0 Å². The monoisotopic (exact) mass is 572 g/mol. The second-order valence-corrected chi connectivity index (χ2v) is 9.63. The zero-order valence-electron chi connectivity index (χ0n) is 24.7. The number of hydrogen-bond donors (Lipinski definition) is 0. The fraction of sp³-hybridized carbons (Fsp3) is 0.324. The van der Waals surface area contributed by atoms with Crippen LogP contribution in [-0.2, 0) is 40.5 Å². The maximum atomic E-state index is 5.86. The third-order valence-electron chi connectivity index (χ3n) is 6.58. The molecule has 0 radical (unpaired) electrons. The molecular formula is C34H40N2O6. The number of hydrogen-bond acceptors (Lipinski definition) is 8. The van der Waals surface area contributed by atoms with Crippen LogP contribution in [0.1, 0.15) is 22.4 Å². The summed E-state index contributed by atoms with van der Waals surface area (Å²) in [6.45, 7) is 4.29. The Morgan fingerprint density at radius 1 is 0.548 bits per heavy atom. The predicted octanol–water partition coefficient (Wildman–Crippen LogP) is 6.06. The maximum absolute atomic E-state index is 5.86. The van der Waals surface area contributed by atoms with Crippen molar-refractivity contribution in [1.82, 2.24) is 4.98 Å². The van der Waals surface area contributed by atoms with Gasteiger partial charge in [0.2, 0.25) is 0 Å². The van der Waals surface area contributed by atoms with Crippen LogP contribution in [0.4, 0.5) is 5.69 Å². The first-order valence-corrected chi connectivity index (χ1v) is 14.0. The van der Waals surface area contributed by atoms with Gasteiger partial charge in [0, 0.05) is 25.0 Å². The second kappa shape index (κ2) is 17.0. The zero-order chi connectivity index (χ0) is 29.4. The van der Waals surface area contributed by atoms with Crippen molar-refractivity contribution >= 4 is 5.69 Å². The molecule has 0 saturated carbocycles. The number of anilines is 1. The fourth-order valence-electron chi connectivity index (χ4n) is 4.43. The average molecular weight is 573 g/mol. The van der Waals surface area contributed by atoms with Crippen LogP contribution in [0.15, 0.2) is 91.1 Å². The molecule has 222 valence electrons. The van der Waals surface area contributed by atoms with E-state index < -0.39 is 0 Å². The van der Waals surface area contributed by atoms with Gasteiger partial charge in [-0.3, -0.25) is 4.98 Å². The molecule has 0 spiro atoms. The van der Waals surface area contributed by atoms with Gasteiger partial charge in [-0.25, -0.2) is 0 Å². The van der Waals surface area contributed by atoms with E-state index >= 15 is 0 Å². The number of pyridine rings is 1. The van der Waals surface area contributed by atoms with Crippen molar-refractivity contribution in [3.63, 3.8) is 0 Å². The summed E-state index contributed by atoms with van der Waals surface area (Å²) in [5.74, 6) is 2.50. The number of methoxy groups -OCH3 is 3. The molecule has 3 aromatic carbocycles. The molecule has 0 amide bonds. The van der Waals surface area contributed by atoms with Crippen LogP contribution >= 0.6 is 0 Å². The van der Waals surface area contributed by atoms with Gasteiger partial charge in [-0.1, -0.05) is 36.4 Å². The van der Waals surface area contributed by atoms with Gasteiger partial charge in [-0.2, -0.15) is 0 Å². The molecule has 4 aromatic rings. The minimum Gasteiger partial charge on any atom is -0.497 e. The number of nitrogens with zero attached hydrogens (tertiary/aromatic N) is 2. The van der Waals surface area contributed by atoms with Crippen molar-refractivity contribution in [2.45, 2.75) is 26.3 Å². The van der Waals surface area contributed by atoms with Crippen molar-refractivity contribution in [2.24, 2.45) is 0 Å². The summed E-state index contributed by atoms with van der Waals surface area (Å²) in [5.41, 5.74) is 5.28. The third kappa shape index (κ3) is 10.1. The number of benzene rings is 3. The molecule has 42 heavy (non-hydrogen) atoms. The van der Waals surface area contributed by atoms with Gasteiger partial charge in [0.05, 0.1) is 66.7 Å². The van der Waals surface area contributed by atoms with Gasteiger partial charge in [0.25, 0.3) is 0 Å². The SMILES string of the molecule is COc1cccc(COCCOCCOCc2cc(N(Cc3cccc(OC)c3)Cc3cccc(OC)c3)ccn2)c1. The molecule has 0 atom stereocenters. The summed E-state index contributed by atoms with van der Waals surface area (Å²) in [6, 6.07) is 28.2. The Hall–Kier alpha value is -4.11. The number of rotatable bonds is 18. The van der Waals surface area contributed by atoms with Crippen molar-refractivity contribution in [3.8, 4) is 17.2 Å². The summed E-state index contributed by atoms with van der Waals surface area (Å²) in [7, 11) is 5.03. The predicted molar refractivity (Wildman–Crippen MR) is 163 cm³/mol. The topological polar surface area (TPSA) is 71.5 Å². The normalized spacial score (nSPS) is 10.8. The van der Waals surface area contributed by atoms with Crippen molar-refractivity contribution < 1.29 is 28.4 Å². The molecule has 1 aromatic heterocycles. The Labute approximate surface area is 248 Å². The lowest BCUT2D eigenvalue weighted by Crippen LogP contribution is -2.22. The van der Waals surface area contributed by atoms with Gasteiger partial charge >= 0.3 is 0 Å². The summed E-state index contributed by atoms with van der Waals surface area (Å²) in [6.07, 6.45) is 1.83. The molecule has 4 rings (SSSR count). The maximum Gasteiger partial charge on any atom is 0.119 e. The van der Waals surface area contributed by atoms with Crippen molar-refractivity contribution in [1.29, 1.82) is 0 Å². The summed E-state index contributed by atoms with van der Waals surface area (Å²) in [4.78, 5) is 6.84. The lowest BCUT2D eigenvalue weighted by Gasteiger charge is -2.26. The van der Waals surface area contributed by atoms with E-state index in [1.807, 2.05) is 60.8 Å². The highest BCUT2D eigenvalue weighted by atomic mass is 16.5. The van der Waals surface area contributed by atoms with E-state index in [1.165, 1.54) is 0 Å².